The third-order valence-electron chi connectivity index (χ3n) is 3.82. The Morgan fingerprint density at radius 2 is 2.09 bits per heavy atom. The summed E-state index contributed by atoms with van der Waals surface area (Å²) in [5.74, 6) is -0.453. The Morgan fingerprint density at radius 3 is 2.73 bits per heavy atom. The van der Waals surface area contributed by atoms with Gasteiger partial charge < -0.3 is 21.1 Å². The van der Waals surface area contributed by atoms with Crippen LogP contribution in [0.1, 0.15) is 29.6 Å². The molecule has 1 aromatic rings. The Morgan fingerprint density at radius 1 is 1.32 bits per heavy atom. The van der Waals surface area contributed by atoms with Gasteiger partial charge in [0.15, 0.2) is 0 Å². The molecule has 0 radical (unpaired) electrons. The van der Waals surface area contributed by atoms with Crippen LogP contribution in [-0.2, 0) is 4.79 Å². The second-order valence-corrected chi connectivity index (χ2v) is 6.19. The first-order chi connectivity index (χ1) is 10.5. The zero-order valence-electron chi connectivity index (χ0n) is 11.9. The first kappa shape index (κ1) is 15.3. The van der Waals surface area contributed by atoms with Crippen molar-refractivity contribution in [2.45, 2.75) is 37.5 Å². The molecule has 2 fully saturated rings. The lowest BCUT2D eigenvalue weighted by Crippen LogP contribution is -2.35. The minimum Gasteiger partial charge on any atom is -0.392 e. The van der Waals surface area contributed by atoms with E-state index in [0.717, 1.165) is 12.8 Å². The molecule has 2 atom stereocenters. The van der Waals surface area contributed by atoms with E-state index in [9.17, 15) is 14.7 Å². The molecule has 0 spiro atoms. The van der Waals surface area contributed by atoms with Crippen LogP contribution >= 0.6 is 11.6 Å². The molecule has 0 aromatic heterocycles. The smallest absolute Gasteiger partial charge is 0.253 e. The molecule has 3 rings (SSSR count). The van der Waals surface area contributed by atoms with Crippen molar-refractivity contribution in [3.8, 4) is 0 Å². The second-order valence-electron chi connectivity index (χ2n) is 5.78. The van der Waals surface area contributed by atoms with Crippen molar-refractivity contribution in [1.29, 1.82) is 0 Å². The Kier molecular flexibility index (Phi) is 4.33. The quantitative estimate of drug-likeness (QED) is 0.662. The van der Waals surface area contributed by atoms with Crippen molar-refractivity contribution in [3.63, 3.8) is 0 Å². The standard InChI is InChI=1S/C15H18ClN3O3/c16-12-4-3-9(5-11(12)14(21)18-8-1-2-8)19-15(22)13-6-10(20)7-17-13/h3-5,8,10,13,17,20H,1-2,6-7H2,(H,18,21)(H,19,22). The predicted molar refractivity (Wildman–Crippen MR) is 83.0 cm³/mol. The number of hydrogen-bond acceptors (Lipinski definition) is 4. The summed E-state index contributed by atoms with van der Waals surface area (Å²) in [5, 5.41) is 18.4. The van der Waals surface area contributed by atoms with Crippen molar-refractivity contribution in [2.75, 3.05) is 11.9 Å². The molecular formula is C15H18ClN3O3. The highest BCUT2D eigenvalue weighted by Crippen LogP contribution is 2.24. The molecule has 4 N–H and O–H groups in total. The van der Waals surface area contributed by atoms with Crippen LogP contribution in [0.15, 0.2) is 18.2 Å². The van der Waals surface area contributed by atoms with Crippen LogP contribution in [-0.4, -0.2) is 41.7 Å². The molecule has 22 heavy (non-hydrogen) atoms. The van der Waals surface area contributed by atoms with Gasteiger partial charge in [-0.25, -0.2) is 0 Å². The highest BCUT2D eigenvalue weighted by molar-refractivity contribution is 6.34. The molecule has 1 aliphatic carbocycles. The number of carbonyl (C=O) groups excluding carboxylic acids is 2. The van der Waals surface area contributed by atoms with Gasteiger partial charge in [-0.05, 0) is 37.5 Å². The molecule has 7 heteroatoms. The minimum absolute atomic E-state index is 0.224. The van der Waals surface area contributed by atoms with E-state index in [1.807, 2.05) is 0 Å². The Balaban J connectivity index is 1.68. The number of β-amino-alcohol motifs (C(OH)–C–C–N with tert-alkyl or cyclic N) is 1. The van der Waals surface area contributed by atoms with Gasteiger partial charge in [-0.1, -0.05) is 11.6 Å². The number of aliphatic hydroxyl groups excluding tert-OH is 1. The normalized spacial score (nSPS) is 24.1. The molecule has 1 heterocycles. The van der Waals surface area contributed by atoms with E-state index >= 15 is 0 Å². The molecule has 2 aliphatic rings. The zero-order valence-corrected chi connectivity index (χ0v) is 12.7. The van der Waals surface area contributed by atoms with Crippen LogP contribution < -0.4 is 16.0 Å². The summed E-state index contributed by atoms with van der Waals surface area (Å²) in [4.78, 5) is 24.2. The number of benzene rings is 1. The number of anilines is 1. The lowest BCUT2D eigenvalue weighted by atomic mass is 10.1. The zero-order chi connectivity index (χ0) is 15.7. The molecule has 6 nitrogen and oxygen atoms in total. The topological polar surface area (TPSA) is 90.5 Å². The highest BCUT2D eigenvalue weighted by Gasteiger charge is 2.28. The molecule has 1 aromatic carbocycles. The minimum atomic E-state index is -0.499. The molecular weight excluding hydrogens is 306 g/mol. The van der Waals surface area contributed by atoms with Gasteiger partial charge in [0.1, 0.15) is 0 Å². The first-order valence-electron chi connectivity index (χ1n) is 7.35. The molecule has 1 saturated carbocycles. The average Bonchev–Trinajstić information content (AvgIpc) is 3.18. The Labute approximate surface area is 133 Å². The third kappa shape index (κ3) is 3.58. The first-order valence-corrected chi connectivity index (χ1v) is 7.73. The number of amides is 2. The van der Waals surface area contributed by atoms with Crippen molar-refractivity contribution >= 4 is 29.1 Å². The van der Waals surface area contributed by atoms with Crippen molar-refractivity contribution < 1.29 is 14.7 Å². The number of rotatable bonds is 4. The summed E-state index contributed by atoms with van der Waals surface area (Å²) in [6.45, 7) is 0.410. The fourth-order valence-electron chi connectivity index (χ4n) is 2.41. The van der Waals surface area contributed by atoms with Crippen molar-refractivity contribution in [3.05, 3.63) is 28.8 Å². The van der Waals surface area contributed by atoms with Gasteiger partial charge in [0.2, 0.25) is 5.91 Å². The molecule has 0 bridgehead atoms. The summed E-state index contributed by atoms with van der Waals surface area (Å²) in [7, 11) is 0. The SMILES string of the molecule is O=C(NC1CC1)c1cc(NC(=O)C2CC(O)CN2)ccc1Cl. The summed E-state index contributed by atoms with van der Waals surface area (Å²) in [6, 6.07) is 4.64. The number of carbonyl (C=O) groups is 2. The summed E-state index contributed by atoms with van der Waals surface area (Å²) >= 11 is 6.06. The fourth-order valence-corrected chi connectivity index (χ4v) is 2.62. The van der Waals surface area contributed by atoms with Crippen LogP contribution in [0.3, 0.4) is 0 Å². The van der Waals surface area contributed by atoms with Gasteiger partial charge in [0, 0.05) is 18.3 Å². The van der Waals surface area contributed by atoms with E-state index in [2.05, 4.69) is 16.0 Å². The summed E-state index contributed by atoms with van der Waals surface area (Å²) in [5.41, 5.74) is 0.865. The van der Waals surface area contributed by atoms with Crippen LogP contribution in [0.5, 0.6) is 0 Å². The van der Waals surface area contributed by atoms with Gasteiger partial charge in [-0.15, -0.1) is 0 Å². The van der Waals surface area contributed by atoms with Crippen LogP contribution in [0.4, 0.5) is 5.69 Å². The maximum atomic E-state index is 12.1. The van der Waals surface area contributed by atoms with E-state index in [1.54, 1.807) is 18.2 Å². The maximum absolute atomic E-state index is 12.1. The van der Waals surface area contributed by atoms with Gasteiger partial charge >= 0.3 is 0 Å². The maximum Gasteiger partial charge on any atom is 0.253 e. The Hall–Kier alpha value is -1.63. The average molecular weight is 324 g/mol. The number of nitrogens with one attached hydrogen (secondary N) is 3. The molecule has 118 valence electrons. The predicted octanol–water partition coefficient (Wildman–Crippen LogP) is 0.893. The molecule has 1 saturated heterocycles. The van der Waals surface area contributed by atoms with E-state index in [1.165, 1.54) is 0 Å². The molecule has 2 amide bonds. The van der Waals surface area contributed by atoms with E-state index < -0.39 is 12.1 Å². The molecule has 1 aliphatic heterocycles. The van der Waals surface area contributed by atoms with E-state index in [-0.39, 0.29) is 17.9 Å². The van der Waals surface area contributed by atoms with Crippen LogP contribution in [0.2, 0.25) is 5.02 Å². The van der Waals surface area contributed by atoms with E-state index in [4.69, 9.17) is 11.6 Å². The van der Waals surface area contributed by atoms with Crippen LogP contribution in [0, 0.1) is 0 Å². The lowest BCUT2D eigenvalue weighted by molar-refractivity contribution is -0.117. The lowest BCUT2D eigenvalue weighted by Gasteiger charge is -2.13. The molecule has 2 unspecified atom stereocenters. The van der Waals surface area contributed by atoms with Gasteiger partial charge in [-0.2, -0.15) is 0 Å². The van der Waals surface area contributed by atoms with Crippen molar-refractivity contribution in [1.82, 2.24) is 10.6 Å². The van der Waals surface area contributed by atoms with E-state index in [0.29, 0.717) is 29.2 Å². The van der Waals surface area contributed by atoms with Gasteiger partial charge in [-0.3, -0.25) is 9.59 Å². The second kappa shape index (κ2) is 6.24. The summed E-state index contributed by atoms with van der Waals surface area (Å²) < 4.78 is 0. The van der Waals surface area contributed by atoms with Gasteiger partial charge in [0.05, 0.1) is 22.7 Å². The highest BCUT2D eigenvalue weighted by atomic mass is 35.5. The van der Waals surface area contributed by atoms with Crippen molar-refractivity contribution in [2.24, 2.45) is 0 Å². The number of aliphatic hydroxyl groups is 1. The number of halogens is 1. The third-order valence-corrected chi connectivity index (χ3v) is 4.14. The Bertz CT molecular complexity index is 604. The fraction of sp³-hybridized carbons (Fsp3) is 0.467. The largest absolute Gasteiger partial charge is 0.392 e. The van der Waals surface area contributed by atoms with Crippen LogP contribution in [0.25, 0.3) is 0 Å². The van der Waals surface area contributed by atoms with Gasteiger partial charge in [0.25, 0.3) is 5.91 Å². The number of hydrogen-bond donors (Lipinski definition) is 4. The monoisotopic (exact) mass is 323 g/mol. The summed E-state index contributed by atoms with van der Waals surface area (Å²) in [6.07, 6.45) is 1.88.